The van der Waals surface area contributed by atoms with Gasteiger partial charge < -0.3 is 15.2 Å². The Labute approximate surface area is 136 Å². The van der Waals surface area contributed by atoms with Crippen molar-refractivity contribution >= 4 is 23.2 Å². The maximum atomic E-state index is 12.2. The van der Waals surface area contributed by atoms with E-state index >= 15 is 0 Å². The molecule has 1 atom stereocenters. The van der Waals surface area contributed by atoms with Gasteiger partial charge in [0.05, 0.1) is 12.5 Å². The summed E-state index contributed by atoms with van der Waals surface area (Å²) in [6, 6.07) is 12.1. The summed E-state index contributed by atoms with van der Waals surface area (Å²) in [5.41, 5.74) is 0.857. The zero-order valence-corrected chi connectivity index (χ0v) is 12.6. The molecule has 0 fully saturated rings. The number of benzene rings is 2. The van der Waals surface area contributed by atoms with Crippen molar-refractivity contribution < 1.29 is 23.4 Å². The normalized spacial score (nSPS) is 12.0. The third kappa shape index (κ3) is 5.50. The molecule has 0 heterocycles. The molecular weight excluding hydrogens is 328 g/mol. The van der Waals surface area contributed by atoms with Gasteiger partial charge in [-0.1, -0.05) is 29.8 Å². The Hall–Kier alpha value is -2.18. The molecule has 7 heteroatoms. The molecule has 1 amide bonds. The highest BCUT2D eigenvalue weighted by Crippen LogP contribution is 2.22. The first-order valence-corrected chi connectivity index (χ1v) is 7.10. The van der Waals surface area contributed by atoms with Crippen molar-refractivity contribution in [2.24, 2.45) is 0 Å². The minimum absolute atomic E-state index is 0.0592. The molecule has 0 spiro atoms. The van der Waals surface area contributed by atoms with Crippen molar-refractivity contribution in [3.8, 4) is 5.75 Å². The number of anilines is 1. The van der Waals surface area contributed by atoms with Crippen LogP contribution in [0.15, 0.2) is 48.5 Å². The van der Waals surface area contributed by atoms with Crippen molar-refractivity contribution in [3.63, 3.8) is 0 Å². The van der Waals surface area contributed by atoms with E-state index in [9.17, 15) is 18.7 Å². The van der Waals surface area contributed by atoms with E-state index in [0.29, 0.717) is 16.3 Å². The van der Waals surface area contributed by atoms with Crippen LogP contribution in [0.1, 0.15) is 18.1 Å². The van der Waals surface area contributed by atoms with Crippen LogP contribution in [-0.4, -0.2) is 17.6 Å². The number of carbonyl (C=O) groups is 1. The Balaban J connectivity index is 1.95. The van der Waals surface area contributed by atoms with Crippen LogP contribution in [0.3, 0.4) is 0 Å². The lowest BCUT2D eigenvalue weighted by molar-refractivity contribution is -0.118. The van der Waals surface area contributed by atoms with Gasteiger partial charge in [0.1, 0.15) is 5.75 Å². The first kappa shape index (κ1) is 17.2. The van der Waals surface area contributed by atoms with Crippen molar-refractivity contribution in [3.05, 3.63) is 59.1 Å². The molecule has 2 N–H and O–H groups in total. The van der Waals surface area contributed by atoms with E-state index in [2.05, 4.69) is 10.1 Å². The fraction of sp³-hybridized carbons (Fsp3) is 0.188. The molecule has 2 rings (SSSR count). The average Bonchev–Trinajstić information content (AvgIpc) is 2.47. The second kappa shape index (κ2) is 7.89. The van der Waals surface area contributed by atoms with E-state index in [1.165, 1.54) is 24.3 Å². The number of aliphatic hydroxyl groups is 1. The summed E-state index contributed by atoms with van der Waals surface area (Å²) in [5.74, 6) is -0.516. The summed E-state index contributed by atoms with van der Waals surface area (Å²) in [6.07, 6.45) is -1.17. The quantitative estimate of drug-likeness (QED) is 0.834. The molecule has 2 aromatic carbocycles. The Morgan fingerprint density at radius 2 is 1.91 bits per heavy atom. The topological polar surface area (TPSA) is 58.6 Å². The third-order valence-electron chi connectivity index (χ3n) is 2.98. The number of halogens is 3. The molecule has 1 unspecified atom stereocenters. The summed E-state index contributed by atoms with van der Waals surface area (Å²) < 4.78 is 28.6. The smallest absolute Gasteiger partial charge is 0.387 e. The van der Waals surface area contributed by atoms with Gasteiger partial charge in [-0.3, -0.25) is 4.79 Å². The molecule has 0 bridgehead atoms. The predicted octanol–water partition coefficient (Wildman–Crippen LogP) is 4.00. The van der Waals surface area contributed by atoms with Crippen molar-refractivity contribution in [1.82, 2.24) is 0 Å². The van der Waals surface area contributed by atoms with E-state index in [1.54, 1.807) is 24.3 Å². The van der Waals surface area contributed by atoms with Crippen LogP contribution >= 0.6 is 11.6 Å². The van der Waals surface area contributed by atoms with Gasteiger partial charge in [-0.25, -0.2) is 0 Å². The van der Waals surface area contributed by atoms with Crippen LogP contribution in [0.25, 0.3) is 0 Å². The third-order valence-corrected chi connectivity index (χ3v) is 3.23. The van der Waals surface area contributed by atoms with Crippen LogP contribution in [-0.2, 0) is 4.79 Å². The van der Waals surface area contributed by atoms with Crippen molar-refractivity contribution in [2.45, 2.75) is 19.1 Å². The zero-order valence-electron chi connectivity index (χ0n) is 11.9. The van der Waals surface area contributed by atoms with E-state index in [4.69, 9.17) is 11.6 Å². The first-order chi connectivity index (χ1) is 10.9. The van der Waals surface area contributed by atoms with Gasteiger partial charge in [0, 0.05) is 16.8 Å². The minimum Gasteiger partial charge on any atom is -0.435 e. The largest absolute Gasteiger partial charge is 0.435 e. The van der Waals surface area contributed by atoms with Gasteiger partial charge >= 0.3 is 6.61 Å². The summed E-state index contributed by atoms with van der Waals surface area (Å²) in [5, 5.41) is 13.1. The molecule has 2 aromatic rings. The Morgan fingerprint density at radius 3 is 2.57 bits per heavy atom. The molecule has 0 aliphatic carbocycles. The standard InChI is InChI=1S/C16H14ClF2NO3/c17-11-6-4-10(5-7-11)14(21)9-15(22)20-12-2-1-3-13(8-12)23-16(18)19/h1-8,14,16,21H,9H2,(H,20,22). The van der Waals surface area contributed by atoms with Gasteiger partial charge in [-0.15, -0.1) is 0 Å². The van der Waals surface area contributed by atoms with Crippen molar-refractivity contribution in [2.75, 3.05) is 5.32 Å². The van der Waals surface area contributed by atoms with Crippen LogP contribution in [0.4, 0.5) is 14.5 Å². The maximum absolute atomic E-state index is 12.2. The number of nitrogens with one attached hydrogen (secondary N) is 1. The fourth-order valence-electron chi connectivity index (χ4n) is 1.94. The van der Waals surface area contributed by atoms with Gasteiger partial charge in [-0.05, 0) is 29.8 Å². The lowest BCUT2D eigenvalue weighted by Gasteiger charge is -2.12. The highest BCUT2D eigenvalue weighted by atomic mass is 35.5. The van der Waals surface area contributed by atoms with E-state index in [-0.39, 0.29) is 12.2 Å². The van der Waals surface area contributed by atoms with Crippen LogP contribution < -0.4 is 10.1 Å². The number of hydrogen-bond donors (Lipinski definition) is 2. The fourth-order valence-corrected chi connectivity index (χ4v) is 2.07. The molecule has 0 saturated carbocycles. The first-order valence-electron chi connectivity index (χ1n) is 6.72. The molecular formula is C16H14ClF2NO3. The lowest BCUT2D eigenvalue weighted by atomic mass is 10.1. The second-order valence-corrected chi connectivity index (χ2v) is 5.16. The van der Waals surface area contributed by atoms with E-state index in [1.807, 2.05) is 0 Å². The lowest BCUT2D eigenvalue weighted by Crippen LogP contribution is -2.15. The maximum Gasteiger partial charge on any atom is 0.387 e. The highest BCUT2D eigenvalue weighted by Gasteiger charge is 2.14. The van der Waals surface area contributed by atoms with Crippen LogP contribution in [0.5, 0.6) is 5.75 Å². The summed E-state index contributed by atoms with van der Waals surface area (Å²) in [4.78, 5) is 11.9. The molecule has 0 aliphatic heterocycles. The highest BCUT2D eigenvalue weighted by molar-refractivity contribution is 6.30. The summed E-state index contributed by atoms with van der Waals surface area (Å²) >= 11 is 5.75. The molecule has 0 aliphatic rings. The van der Waals surface area contributed by atoms with Crippen LogP contribution in [0, 0.1) is 0 Å². The Kier molecular flexibility index (Phi) is 5.90. The van der Waals surface area contributed by atoms with Crippen LogP contribution in [0.2, 0.25) is 5.02 Å². The number of rotatable bonds is 6. The number of aliphatic hydroxyl groups excluding tert-OH is 1. The number of hydrogen-bond acceptors (Lipinski definition) is 3. The van der Waals surface area contributed by atoms with Crippen molar-refractivity contribution in [1.29, 1.82) is 0 Å². The molecule has 0 aromatic heterocycles. The molecule has 4 nitrogen and oxygen atoms in total. The number of ether oxygens (including phenoxy) is 1. The number of amides is 1. The van der Waals surface area contributed by atoms with E-state index < -0.39 is 18.6 Å². The minimum atomic E-state index is -2.94. The number of alkyl halides is 2. The molecule has 0 saturated heterocycles. The Bertz CT molecular complexity index is 665. The van der Waals surface area contributed by atoms with Gasteiger partial charge in [-0.2, -0.15) is 8.78 Å². The van der Waals surface area contributed by atoms with Gasteiger partial charge in [0.25, 0.3) is 0 Å². The second-order valence-electron chi connectivity index (χ2n) is 4.73. The zero-order chi connectivity index (χ0) is 16.8. The van der Waals surface area contributed by atoms with E-state index in [0.717, 1.165) is 0 Å². The summed E-state index contributed by atoms with van der Waals surface area (Å²) in [6.45, 7) is -2.94. The molecule has 0 radical (unpaired) electrons. The average molecular weight is 342 g/mol. The SMILES string of the molecule is O=C(CC(O)c1ccc(Cl)cc1)Nc1cccc(OC(F)F)c1. The number of carbonyl (C=O) groups excluding carboxylic acids is 1. The predicted molar refractivity (Wildman–Crippen MR) is 82.7 cm³/mol. The van der Waals surface area contributed by atoms with Gasteiger partial charge in [0.15, 0.2) is 0 Å². The molecule has 122 valence electrons. The summed E-state index contributed by atoms with van der Waals surface area (Å²) in [7, 11) is 0. The monoisotopic (exact) mass is 341 g/mol. The molecule has 23 heavy (non-hydrogen) atoms. The Morgan fingerprint density at radius 1 is 1.22 bits per heavy atom. The van der Waals surface area contributed by atoms with Gasteiger partial charge in [0.2, 0.25) is 5.91 Å².